The van der Waals surface area contributed by atoms with Gasteiger partial charge in [0.15, 0.2) is 0 Å². The van der Waals surface area contributed by atoms with Gasteiger partial charge in [0.05, 0.1) is 25.3 Å². The quantitative estimate of drug-likeness (QED) is 0.786. The average Bonchev–Trinajstić information content (AvgIpc) is 2.37. The Labute approximate surface area is 84.8 Å². The van der Waals surface area contributed by atoms with Gasteiger partial charge in [-0.3, -0.25) is 4.68 Å². The Kier molecular flexibility index (Phi) is 3.57. The van der Waals surface area contributed by atoms with Crippen molar-refractivity contribution >= 4 is 5.82 Å². The predicted octanol–water partition coefficient (Wildman–Crippen LogP) is 1.47. The van der Waals surface area contributed by atoms with Crippen LogP contribution in [-0.4, -0.2) is 22.6 Å². The summed E-state index contributed by atoms with van der Waals surface area (Å²) in [5.41, 5.74) is 6.03. The molecule has 0 aliphatic rings. The lowest BCUT2D eigenvalue weighted by molar-refractivity contribution is -0.146. The maximum absolute atomic E-state index is 11.7. The third kappa shape index (κ3) is 4.20. The van der Waals surface area contributed by atoms with Crippen molar-refractivity contribution in [3.05, 3.63) is 11.8 Å². The molecule has 15 heavy (non-hydrogen) atoms. The van der Waals surface area contributed by atoms with Gasteiger partial charge in [0, 0.05) is 13.1 Å². The van der Waals surface area contributed by atoms with Crippen molar-refractivity contribution in [1.82, 2.24) is 9.78 Å². The Balaban J connectivity index is 2.29. The molecule has 0 aliphatic carbocycles. The number of hydrogen-bond acceptors (Lipinski definition) is 3. The molecular weight excluding hydrogens is 211 g/mol. The van der Waals surface area contributed by atoms with E-state index in [-0.39, 0.29) is 13.2 Å². The third-order valence-corrected chi connectivity index (χ3v) is 1.78. The summed E-state index contributed by atoms with van der Waals surface area (Å²) in [6, 6.07) is 1.56. The van der Waals surface area contributed by atoms with Crippen LogP contribution in [0.15, 0.2) is 6.07 Å². The molecule has 0 saturated carbocycles. The molecule has 4 nitrogen and oxygen atoms in total. The lowest BCUT2D eigenvalue weighted by Gasteiger charge is -2.06. The van der Waals surface area contributed by atoms with Gasteiger partial charge in [-0.2, -0.15) is 18.3 Å². The molecule has 0 fully saturated rings. The summed E-state index contributed by atoms with van der Waals surface area (Å²) in [7, 11) is 1.65. The Bertz CT molecular complexity index is 321. The van der Waals surface area contributed by atoms with E-state index in [4.69, 9.17) is 10.5 Å². The van der Waals surface area contributed by atoms with E-state index >= 15 is 0 Å². The third-order valence-electron chi connectivity index (χ3n) is 1.78. The van der Waals surface area contributed by atoms with Gasteiger partial charge in [-0.1, -0.05) is 0 Å². The first-order chi connectivity index (χ1) is 6.88. The number of aromatic nitrogens is 2. The summed E-state index contributed by atoms with van der Waals surface area (Å²) in [4.78, 5) is 0. The molecule has 7 heteroatoms. The van der Waals surface area contributed by atoms with E-state index < -0.39 is 12.6 Å². The molecule has 1 aromatic heterocycles. The standard InChI is InChI=1S/C8H12F3N3O/c1-14-6(4-7(12)13-14)5-15-3-2-8(9,10)11/h4H,2-3,5H2,1H3,(H2,12,13). The van der Waals surface area contributed by atoms with Crippen LogP contribution in [0.25, 0.3) is 0 Å². The van der Waals surface area contributed by atoms with E-state index in [0.717, 1.165) is 0 Å². The highest BCUT2D eigenvalue weighted by atomic mass is 19.4. The molecule has 1 rings (SSSR count). The Morgan fingerprint density at radius 2 is 2.20 bits per heavy atom. The largest absolute Gasteiger partial charge is 0.391 e. The van der Waals surface area contributed by atoms with E-state index in [1.54, 1.807) is 13.1 Å². The summed E-state index contributed by atoms with van der Waals surface area (Å²) < 4.78 is 41.6. The lowest BCUT2D eigenvalue weighted by Crippen LogP contribution is -2.12. The second kappa shape index (κ2) is 4.52. The minimum absolute atomic E-state index is 0.0801. The van der Waals surface area contributed by atoms with Gasteiger partial charge in [-0.25, -0.2) is 0 Å². The molecule has 0 radical (unpaired) electrons. The fourth-order valence-corrected chi connectivity index (χ4v) is 1.03. The lowest BCUT2D eigenvalue weighted by atomic mass is 10.4. The smallest absolute Gasteiger partial charge is 0.382 e. The predicted molar refractivity (Wildman–Crippen MR) is 47.9 cm³/mol. The maximum atomic E-state index is 11.7. The molecule has 2 N–H and O–H groups in total. The van der Waals surface area contributed by atoms with Gasteiger partial charge in [-0.05, 0) is 0 Å². The highest BCUT2D eigenvalue weighted by Gasteiger charge is 2.26. The van der Waals surface area contributed by atoms with Crippen molar-refractivity contribution in [2.75, 3.05) is 12.3 Å². The SMILES string of the molecule is Cn1nc(N)cc1COCCC(F)(F)F. The van der Waals surface area contributed by atoms with Crippen molar-refractivity contribution in [2.24, 2.45) is 7.05 Å². The van der Waals surface area contributed by atoms with Crippen molar-refractivity contribution in [2.45, 2.75) is 19.2 Å². The van der Waals surface area contributed by atoms with Crippen LogP contribution in [0.1, 0.15) is 12.1 Å². The number of hydrogen-bond donors (Lipinski definition) is 1. The van der Waals surface area contributed by atoms with Crippen LogP contribution in [0, 0.1) is 0 Å². The van der Waals surface area contributed by atoms with E-state index in [1.165, 1.54) is 4.68 Å². The van der Waals surface area contributed by atoms with Crippen molar-refractivity contribution in [3.8, 4) is 0 Å². The number of nitrogens with two attached hydrogens (primary N) is 1. The second-order valence-corrected chi connectivity index (χ2v) is 3.10. The number of rotatable bonds is 4. The molecule has 0 amide bonds. The van der Waals surface area contributed by atoms with Crippen molar-refractivity contribution < 1.29 is 17.9 Å². The molecule has 86 valence electrons. The van der Waals surface area contributed by atoms with Gasteiger partial charge in [0.2, 0.25) is 0 Å². The molecule has 0 atom stereocenters. The molecule has 0 bridgehead atoms. The zero-order chi connectivity index (χ0) is 11.5. The zero-order valence-corrected chi connectivity index (χ0v) is 8.21. The summed E-state index contributed by atoms with van der Waals surface area (Å²) in [6.07, 6.45) is -5.12. The molecule has 0 aromatic carbocycles. The number of alkyl halides is 3. The van der Waals surface area contributed by atoms with Gasteiger partial charge in [0.1, 0.15) is 5.82 Å². The number of anilines is 1. The minimum Gasteiger partial charge on any atom is -0.382 e. The Morgan fingerprint density at radius 3 is 2.67 bits per heavy atom. The monoisotopic (exact) mass is 223 g/mol. The Morgan fingerprint density at radius 1 is 1.53 bits per heavy atom. The molecular formula is C8H12F3N3O. The van der Waals surface area contributed by atoms with Crippen molar-refractivity contribution in [3.63, 3.8) is 0 Å². The van der Waals surface area contributed by atoms with Gasteiger partial charge in [0.25, 0.3) is 0 Å². The molecule has 0 spiro atoms. The summed E-state index contributed by atoms with van der Waals surface area (Å²) in [5, 5.41) is 3.83. The Hall–Kier alpha value is -1.24. The van der Waals surface area contributed by atoms with Crippen LogP contribution >= 0.6 is 0 Å². The van der Waals surface area contributed by atoms with E-state index in [2.05, 4.69) is 5.10 Å². The van der Waals surface area contributed by atoms with Crippen molar-refractivity contribution in [1.29, 1.82) is 0 Å². The van der Waals surface area contributed by atoms with Crippen LogP contribution < -0.4 is 5.73 Å². The average molecular weight is 223 g/mol. The fourth-order valence-electron chi connectivity index (χ4n) is 1.03. The van der Waals surface area contributed by atoms with E-state index in [1.807, 2.05) is 0 Å². The van der Waals surface area contributed by atoms with E-state index in [9.17, 15) is 13.2 Å². The fraction of sp³-hybridized carbons (Fsp3) is 0.625. The number of ether oxygens (including phenoxy) is 1. The van der Waals surface area contributed by atoms with E-state index in [0.29, 0.717) is 11.5 Å². The molecule has 0 unspecified atom stereocenters. The van der Waals surface area contributed by atoms with Crippen LogP contribution in [0.3, 0.4) is 0 Å². The number of nitrogens with zero attached hydrogens (tertiary/aromatic N) is 2. The topological polar surface area (TPSA) is 53.1 Å². The maximum Gasteiger partial charge on any atom is 0.391 e. The van der Waals surface area contributed by atoms with Crippen LogP contribution in [0.4, 0.5) is 19.0 Å². The normalized spacial score (nSPS) is 12.0. The summed E-state index contributed by atoms with van der Waals surface area (Å²) in [5.74, 6) is 0.326. The number of nitrogen functional groups attached to an aromatic ring is 1. The first kappa shape index (κ1) is 11.8. The summed E-state index contributed by atoms with van der Waals surface area (Å²) >= 11 is 0. The zero-order valence-electron chi connectivity index (χ0n) is 8.21. The second-order valence-electron chi connectivity index (χ2n) is 3.10. The van der Waals surface area contributed by atoms with Crippen LogP contribution in [-0.2, 0) is 18.4 Å². The molecule has 0 aliphatic heterocycles. The highest BCUT2D eigenvalue weighted by molar-refractivity contribution is 5.28. The van der Waals surface area contributed by atoms with Gasteiger partial charge in [-0.15, -0.1) is 0 Å². The highest BCUT2D eigenvalue weighted by Crippen LogP contribution is 2.19. The first-order valence-electron chi connectivity index (χ1n) is 4.31. The molecule has 0 saturated heterocycles. The summed E-state index contributed by atoms with van der Waals surface area (Å²) in [6.45, 7) is -0.272. The van der Waals surface area contributed by atoms with Gasteiger partial charge < -0.3 is 10.5 Å². The first-order valence-corrected chi connectivity index (χ1v) is 4.31. The molecule has 1 aromatic rings. The van der Waals surface area contributed by atoms with Gasteiger partial charge >= 0.3 is 6.18 Å². The number of aryl methyl sites for hydroxylation is 1. The molecule has 1 heterocycles. The minimum atomic E-state index is -4.18. The van der Waals surface area contributed by atoms with Crippen LogP contribution in [0.2, 0.25) is 0 Å². The number of halogens is 3. The van der Waals surface area contributed by atoms with Crippen LogP contribution in [0.5, 0.6) is 0 Å².